The van der Waals surface area contributed by atoms with E-state index in [9.17, 15) is 9.90 Å². The fourth-order valence-electron chi connectivity index (χ4n) is 3.84. The zero-order valence-corrected chi connectivity index (χ0v) is 14.9. The Kier molecular flexibility index (Phi) is 5.30. The van der Waals surface area contributed by atoms with Crippen molar-refractivity contribution in [3.63, 3.8) is 0 Å². The van der Waals surface area contributed by atoms with E-state index in [0.717, 1.165) is 28.7 Å². The number of aliphatic carboxylic acids is 1. The largest absolute Gasteiger partial charge is 0.478 e. The van der Waals surface area contributed by atoms with Crippen LogP contribution in [0.5, 0.6) is 0 Å². The summed E-state index contributed by atoms with van der Waals surface area (Å²) < 4.78 is 2.31. The number of carbonyl (C=O) groups is 1. The van der Waals surface area contributed by atoms with E-state index in [-0.39, 0.29) is 0 Å². The van der Waals surface area contributed by atoms with Crippen molar-refractivity contribution in [2.75, 3.05) is 0 Å². The van der Waals surface area contributed by atoms with Gasteiger partial charge in [0, 0.05) is 34.2 Å². The lowest BCUT2D eigenvalue weighted by molar-refractivity contribution is -0.131. The number of hydrogen-bond donors (Lipinski definition) is 1. The van der Waals surface area contributed by atoms with Gasteiger partial charge in [-0.2, -0.15) is 0 Å². The van der Waals surface area contributed by atoms with Crippen LogP contribution in [0.4, 0.5) is 0 Å². The molecule has 1 aromatic carbocycles. The molecule has 0 atom stereocenters. The number of allylic oxidation sites excluding steroid dienone is 1. The number of halogens is 1. The van der Waals surface area contributed by atoms with Gasteiger partial charge in [0.2, 0.25) is 0 Å². The van der Waals surface area contributed by atoms with Crippen molar-refractivity contribution in [3.8, 4) is 0 Å². The Hall–Kier alpha value is -1.74. The van der Waals surface area contributed by atoms with Gasteiger partial charge in [-0.25, -0.2) is 4.79 Å². The normalized spacial score (nSPS) is 16.7. The van der Waals surface area contributed by atoms with Gasteiger partial charge in [-0.15, -0.1) is 0 Å². The van der Waals surface area contributed by atoms with Gasteiger partial charge in [0.1, 0.15) is 0 Å². The van der Waals surface area contributed by atoms with E-state index in [1.807, 2.05) is 19.1 Å². The molecule has 1 aliphatic rings. The standard InChI is InChI=1S/C20H24ClNO2/c1-2-15(12-20(23)24)19-11-16-10-17(21)8-9-18(16)22(19)13-14-6-4-3-5-7-14/h8-12,14H,2-7,13H2,1H3,(H,23,24)/b15-12+. The molecular weight excluding hydrogens is 322 g/mol. The SMILES string of the molecule is CC/C(=C\C(=O)O)c1cc2cc(Cl)ccc2n1CC1CCCCC1. The first-order valence-corrected chi connectivity index (χ1v) is 9.19. The number of fused-ring (bicyclic) bond motifs is 1. The van der Waals surface area contributed by atoms with Gasteiger partial charge < -0.3 is 9.67 Å². The van der Waals surface area contributed by atoms with E-state index in [2.05, 4.69) is 16.7 Å². The highest BCUT2D eigenvalue weighted by molar-refractivity contribution is 6.31. The predicted molar refractivity (Wildman–Crippen MR) is 99.4 cm³/mol. The molecule has 3 nitrogen and oxygen atoms in total. The molecule has 3 rings (SSSR count). The van der Waals surface area contributed by atoms with E-state index < -0.39 is 5.97 Å². The van der Waals surface area contributed by atoms with Crippen molar-refractivity contribution in [1.29, 1.82) is 0 Å². The zero-order valence-electron chi connectivity index (χ0n) is 14.1. The van der Waals surface area contributed by atoms with Crippen molar-refractivity contribution < 1.29 is 9.90 Å². The van der Waals surface area contributed by atoms with Crippen LogP contribution in [0.1, 0.15) is 51.1 Å². The van der Waals surface area contributed by atoms with E-state index in [4.69, 9.17) is 11.6 Å². The quantitative estimate of drug-likeness (QED) is 0.701. The fraction of sp³-hybridized carbons (Fsp3) is 0.450. The van der Waals surface area contributed by atoms with Gasteiger partial charge in [-0.05, 0) is 55.0 Å². The van der Waals surface area contributed by atoms with Crippen LogP contribution < -0.4 is 0 Å². The molecule has 128 valence electrons. The summed E-state index contributed by atoms with van der Waals surface area (Å²) in [5.74, 6) is -0.217. The molecule has 0 bridgehead atoms. The molecule has 0 radical (unpaired) electrons. The van der Waals surface area contributed by atoms with Crippen molar-refractivity contribution in [2.45, 2.75) is 52.0 Å². The number of aromatic nitrogens is 1. The number of rotatable bonds is 5. The average molecular weight is 346 g/mol. The first kappa shape index (κ1) is 17.1. The van der Waals surface area contributed by atoms with Crippen LogP contribution in [0.2, 0.25) is 5.02 Å². The topological polar surface area (TPSA) is 42.2 Å². The number of carboxylic acid groups (broad SMARTS) is 1. The molecule has 24 heavy (non-hydrogen) atoms. The molecule has 0 amide bonds. The fourth-order valence-corrected chi connectivity index (χ4v) is 4.02. The maximum Gasteiger partial charge on any atom is 0.328 e. The molecule has 0 saturated heterocycles. The lowest BCUT2D eigenvalue weighted by Crippen LogP contribution is -2.15. The van der Waals surface area contributed by atoms with Crippen molar-refractivity contribution >= 4 is 34.0 Å². The third-order valence-electron chi connectivity index (χ3n) is 5.04. The van der Waals surface area contributed by atoms with Crippen molar-refractivity contribution in [1.82, 2.24) is 4.57 Å². The van der Waals surface area contributed by atoms with Crippen molar-refractivity contribution in [2.24, 2.45) is 5.92 Å². The number of benzene rings is 1. The molecule has 0 aliphatic heterocycles. The minimum Gasteiger partial charge on any atom is -0.478 e. The Labute approximate surface area is 147 Å². The van der Waals surface area contributed by atoms with Gasteiger partial charge in [0.05, 0.1) is 0 Å². The molecule has 0 spiro atoms. The Balaban J connectivity index is 2.08. The van der Waals surface area contributed by atoms with E-state index in [1.165, 1.54) is 38.2 Å². The smallest absolute Gasteiger partial charge is 0.328 e. The second-order valence-electron chi connectivity index (χ2n) is 6.71. The summed E-state index contributed by atoms with van der Waals surface area (Å²) in [5, 5.41) is 11.0. The third kappa shape index (κ3) is 3.67. The molecule has 1 fully saturated rings. The van der Waals surface area contributed by atoms with Gasteiger partial charge in [0.15, 0.2) is 0 Å². The summed E-state index contributed by atoms with van der Waals surface area (Å²) in [4.78, 5) is 11.2. The third-order valence-corrected chi connectivity index (χ3v) is 5.27. The Morgan fingerprint density at radius 1 is 1.29 bits per heavy atom. The lowest BCUT2D eigenvalue weighted by atomic mass is 9.89. The average Bonchev–Trinajstić information content (AvgIpc) is 2.91. The maximum atomic E-state index is 11.2. The molecule has 1 saturated carbocycles. The summed E-state index contributed by atoms with van der Waals surface area (Å²) in [6.45, 7) is 2.96. The highest BCUT2D eigenvalue weighted by Crippen LogP contribution is 2.32. The molecule has 1 aromatic heterocycles. The first-order valence-electron chi connectivity index (χ1n) is 8.81. The number of carboxylic acids is 1. The highest BCUT2D eigenvalue weighted by atomic mass is 35.5. The van der Waals surface area contributed by atoms with Crippen molar-refractivity contribution in [3.05, 3.63) is 41.1 Å². The summed E-state index contributed by atoms with van der Waals surface area (Å²) in [6.07, 6.45) is 8.50. The first-order chi connectivity index (χ1) is 11.6. The molecule has 1 aliphatic carbocycles. The van der Waals surface area contributed by atoms with Gasteiger partial charge in [-0.1, -0.05) is 37.8 Å². The van der Waals surface area contributed by atoms with E-state index in [0.29, 0.717) is 17.4 Å². The van der Waals surface area contributed by atoms with Gasteiger partial charge in [0.25, 0.3) is 0 Å². The van der Waals surface area contributed by atoms with E-state index in [1.54, 1.807) is 0 Å². The molecule has 4 heteroatoms. The second kappa shape index (κ2) is 7.43. The summed E-state index contributed by atoms with van der Waals surface area (Å²) in [7, 11) is 0. The lowest BCUT2D eigenvalue weighted by Gasteiger charge is -2.24. The second-order valence-corrected chi connectivity index (χ2v) is 7.15. The maximum absolute atomic E-state index is 11.2. The summed E-state index contributed by atoms with van der Waals surface area (Å²) in [6, 6.07) is 8.02. The van der Waals surface area contributed by atoms with Crippen LogP contribution in [0.15, 0.2) is 30.3 Å². The van der Waals surface area contributed by atoms with E-state index >= 15 is 0 Å². The summed E-state index contributed by atoms with van der Waals surface area (Å²) in [5.41, 5.74) is 3.03. The molecule has 2 aromatic rings. The summed E-state index contributed by atoms with van der Waals surface area (Å²) >= 11 is 6.15. The van der Waals surface area contributed by atoms with Crippen LogP contribution in [-0.2, 0) is 11.3 Å². The minimum absolute atomic E-state index is 0.673. The molecular formula is C20H24ClNO2. The number of nitrogens with zero attached hydrogens (tertiary/aromatic N) is 1. The molecule has 1 N–H and O–H groups in total. The zero-order chi connectivity index (χ0) is 17.1. The Morgan fingerprint density at radius 2 is 2.04 bits per heavy atom. The monoisotopic (exact) mass is 345 g/mol. The van der Waals surface area contributed by atoms with Crippen LogP contribution in [0.3, 0.4) is 0 Å². The Bertz CT molecular complexity index is 769. The highest BCUT2D eigenvalue weighted by Gasteiger charge is 2.19. The van der Waals surface area contributed by atoms with Crippen LogP contribution >= 0.6 is 11.6 Å². The van der Waals surface area contributed by atoms with Gasteiger partial charge >= 0.3 is 5.97 Å². The number of hydrogen-bond acceptors (Lipinski definition) is 1. The predicted octanol–water partition coefficient (Wildman–Crippen LogP) is 5.75. The van der Waals surface area contributed by atoms with Gasteiger partial charge in [-0.3, -0.25) is 0 Å². The Morgan fingerprint density at radius 3 is 2.71 bits per heavy atom. The van der Waals surface area contributed by atoms with Crippen LogP contribution in [-0.4, -0.2) is 15.6 Å². The minimum atomic E-state index is -0.889. The van der Waals surface area contributed by atoms with Crippen LogP contribution in [0, 0.1) is 5.92 Å². The molecule has 1 heterocycles. The van der Waals surface area contributed by atoms with Crippen LogP contribution in [0.25, 0.3) is 16.5 Å². The molecule has 0 unspecified atom stereocenters.